The van der Waals surface area contributed by atoms with E-state index in [1.54, 1.807) is 6.33 Å². The molecule has 1 fully saturated rings. The minimum atomic E-state index is -0.477. The third-order valence-electron chi connectivity index (χ3n) is 3.57. The van der Waals surface area contributed by atoms with E-state index >= 15 is 0 Å². The second kappa shape index (κ2) is 4.46. The predicted octanol–water partition coefficient (Wildman–Crippen LogP) is 0.784. The number of aliphatic hydroxyl groups is 2. The molecule has 2 aromatic rings. The van der Waals surface area contributed by atoms with Gasteiger partial charge in [-0.1, -0.05) is 11.6 Å². The maximum atomic E-state index is 9.83. The third-order valence-corrected chi connectivity index (χ3v) is 3.85. The summed E-state index contributed by atoms with van der Waals surface area (Å²) in [4.78, 5) is 12.3. The van der Waals surface area contributed by atoms with Crippen molar-refractivity contribution >= 4 is 22.8 Å². The van der Waals surface area contributed by atoms with Gasteiger partial charge in [-0.2, -0.15) is 0 Å². The molecule has 0 saturated heterocycles. The lowest BCUT2D eigenvalue weighted by Gasteiger charge is -2.11. The van der Waals surface area contributed by atoms with E-state index in [0.717, 1.165) is 0 Å². The number of fused-ring (bicyclic) bond motifs is 1. The smallest absolute Gasteiger partial charge is 0.165 e. The predicted molar refractivity (Wildman–Crippen MR) is 65.2 cm³/mol. The van der Waals surface area contributed by atoms with Gasteiger partial charge in [0.25, 0.3) is 0 Å². The highest BCUT2D eigenvalue weighted by molar-refractivity contribution is 6.33. The van der Waals surface area contributed by atoms with Crippen LogP contribution >= 0.6 is 11.6 Å². The first-order valence-corrected chi connectivity index (χ1v) is 6.20. The topological polar surface area (TPSA) is 84.1 Å². The van der Waals surface area contributed by atoms with Crippen molar-refractivity contribution in [1.82, 2.24) is 19.5 Å². The summed E-state index contributed by atoms with van der Waals surface area (Å²) in [7, 11) is 0. The van der Waals surface area contributed by atoms with Crippen LogP contribution in [0.4, 0.5) is 0 Å². The summed E-state index contributed by atoms with van der Waals surface area (Å²) in [5, 5.41) is 19.3. The van der Waals surface area contributed by atoms with Crippen LogP contribution in [0.2, 0.25) is 5.15 Å². The highest BCUT2D eigenvalue weighted by Gasteiger charge is 2.34. The van der Waals surface area contributed by atoms with Gasteiger partial charge in [-0.05, 0) is 12.8 Å². The van der Waals surface area contributed by atoms with Crippen LogP contribution in [-0.2, 0) is 0 Å². The van der Waals surface area contributed by atoms with Gasteiger partial charge < -0.3 is 14.8 Å². The second-order valence-corrected chi connectivity index (χ2v) is 4.98. The Balaban J connectivity index is 1.99. The maximum absolute atomic E-state index is 9.83. The Bertz CT molecular complexity index is 573. The largest absolute Gasteiger partial charge is 0.396 e. The molecule has 18 heavy (non-hydrogen) atoms. The molecule has 0 radical (unpaired) electrons. The number of rotatable bonds is 2. The van der Waals surface area contributed by atoms with Gasteiger partial charge in [0.1, 0.15) is 11.8 Å². The summed E-state index contributed by atoms with van der Waals surface area (Å²) in [6.45, 7) is 0.0000364. The maximum Gasteiger partial charge on any atom is 0.165 e. The summed E-state index contributed by atoms with van der Waals surface area (Å²) in [5.74, 6) is -0.0789. The summed E-state index contributed by atoms with van der Waals surface area (Å²) >= 11 is 5.95. The number of halogens is 1. The Morgan fingerprint density at radius 2 is 2.17 bits per heavy atom. The van der Waals surface area contributed by atoms with E-state index in [-0.39, 0.29) is 18.6 Å². The molecule has 3 rings (SSSR count). The molecule has 0 aliphatic heterocycles. The second-order valence-electron chi connectivity index (χ2n) is 4.62. The van der Waals surface area contributed by atoms with Gasteiger partial charge in [0.05, 0.1) is 12.4 Å². The molecule has 6 nitrogen and oxygen atoms in total. The summed E-state index contributed by atoms with van der Waals surface area (Å²) in [6.07, 6.45) is 3.90. The molecule has 1 aliphatic rings. The molecule has 2 aromatic heterocycles. The standard InChI is InChI=1S/C11H13ClN4O2/c12-10-9-11(14-4-13-10)16(5-15-9)7-1-6(3-17)8(18)2-7/h4-8,17-18H,1-3H2/t6-,7-,8-/m1/s1. The zero-order chi connectivity index (χ0) is 12.7. The van der Waals surface area contributed by atoms with Crippen LogP contribution in [-0.4, -0.2) is 42.4 Å². The molecule has 0 spiro atoms. The Morgan fingerprint density at radius 3 is 2.89 bits per heavy atom. The van der Waals surface area contributed by atoms with E-state index < -0.39 is 6.10 Å². The first-order chi connectivity index (χ1) is 8.70. The highest BCUT2D eigenvalue weighted by Crippen LogP contribution is 2.36. The SMILES string of the molecule is OC[C@H]1C[C@@H](n2cnc3c(Cl)ncnc32)C[C@H]1O. The average molecular weight is 269 g/mol. The zero-order valence-electron chi connectivity index (χ0n) is 9.57. The molecule has 1 saturated carbocycles. The van der Waals surface area contributed by atoms with Crippen LogP contribution in [0.15, 0.2) is 12.7 Å². The summed E-state index contributed by atoms with van der Waals surface area (Å²) < 4.78 is 1.90. The van der Waals surface area contributed by atoms with Crippen LogP contribution in [0.3, 0.4) is 0 Å². The normalized spacial score (nSPS) is 28.1. The van der Waals surface area contributed by atoms with E-state index in [4.69, 9.17) is 11.6 Å². The van der Waals surface area contributed by atoms with E-state index in [9.17, 15) is 10.2 Å². The van der Waals surface area contributed by atoms with Crippen molar-refractivity contribution < 1.29 is 10.2 Å². The van der Waals surface area contributed by atoms with Crippen molar-refractivity contribution in [1.29, 1.82) is 0 Å². The molecular weight excluding hydrogens is 256 g/mol. The van der Waals surface area contributed by atoms with E-state index in [2.05, 4.69) is 15.0 Å². The molecule has 96 valence electrons. The van der Waals surface area contributed by atoms with Gasteiger partial charge >= 0.3 is 0 Å². The molecule has 0 bridgehead atoms. The average Bonchev–Trinajstić information content (AvgIpc) is 2.93. The molecule has 3 atom stereocenters. The molecule has 7 heteroatoms. The zero-order valence-corrected chi connectivity index (χ0v) is 10.3. The lowest BCUT2D eigenvalue weighted by Crippen LogP contribution is -2.16. The van der Waals surface area contributed by atoms with Crippen LogP contribution in [0.25, 0.3) is 11.2 Å². The highest BCUT2D eigenvalue weighted by atomic mass is 35.5. The van der Waals surface area contributed by atoms with Gasteiger partial charge in [-0.3, -0.25) is 0 Å². The minimum Gasteiger partial charge on any atom is -0.396 e. The monoisotopic (exact) mass is 268 g/mol. The van der Waals surface area contributed by atoms with Crippen molar-refractivity contribution in [3.63, 3.8) is 0 Å². The molecule has 0 aromatic carbocycles. The fourth-order valence-corrected chi connectivity index (χ4v) is 2.76. The van der Waals surface area contributed by atoms with Crippen molar-refractivity contribution in [2.24, 2.45) is 5.92 Å². The molecule has 2 heterocycles. The van der Waals surface area contributed by atoms with Gasteiger partial charge in [-0.25, -0.2) is 15.0 Å². The molecule has 0 amide bonds. The van der Waals surface area contributed by atoms with Crippen LogP contribution in [0.5, 0.6) is 0 Å². The van der Waals surface area contributed by atoms with Crippen molar-refractivity contribution in [3.05, 3.63) is 17.8 Å². The lowest BCUT2D eigenvalue weighted by molar-refractivity contribution is 0.0906. The molecular formula is C11H13ClN4O2. The summed E-state index contributed by atoms with van der Waals surface area (Å²) in [5.41, 5.74) is 1.24. The number of aromatic nitrogens is 4. The van der Waals surface area contributed by atoms with Crippen molar-refractivity contribution in [2.45, 2.75) is 25.0 Å². The molecule has 0 unspecified atom stereocenters. The summed E-state index contributed by atoms with van der Waals surface area (Å²) in [6, 6.07) is 0.0908. The van der Waals surface area contributed by atoms with Gasteiger partial charge in [-0.15, -0.1) is 0 Å². The van der Waals surface area contributed by atoms with E-state index in [1.807, 2.05) is 4.57 Å². The van der Waals surface area contributed by atoms with Crippen molar-refractivity contribution in [2.75, 3.05) is 6.61 Å². The molecule has 1 aliphatic carbocycles. The number of imidazole rings is 1. The van der Waals surface area contributed by atoms with Crippen LogP contribution in [0.1, 0.15) is 18.9 Å². The third kappa shape index (κ3) is 1.77. The Hall–Kier alpha value is -1.24. The fourth-order valence-electron chi connectivity index (χ4n) is 2.59. The lowest BCUT2D eigenvalue weighted by atomic mass is 10.1. The van der Waals surface area contributed by atoms with Crippen LogP contribution in [0, 0.1) is 5.92 Å². The Labute approximate surface area is 108 Å². The number of hydrogen-bond donors (Lipinski definition) is 2. The Morgan fingerprint density at radius 1 is 1.33 bits per heavy atom. The van der Waals surface area contributed by atoms with E-state index in [1.165, 1.54) is 6.33 Å². The van der Waals surface area contributed by atoms with Crippen molar-refractivity contribution in [3.8, 4) is 0 Å². The van der Waals surface area contributed by atoms with Gasteiger partial charge in [0.2, 0.25) is 0 Å². The van der Waals surface area contributed by atoms with Gasteiger partial charge in [0.15, 0.2) is 10.8 Å². The van der Waals surface area contributed by atoms with Crippen LogP contribution < -0.4 is 0 Å². The molecule has 2 N–H and O–H groups in total. The first kappa shape index (κ1) is 11.8. The quantitative estimate of drug-likeness (QED) is 0.787. The van der Waals surface area contributed by atoms with E-state index in [0.29, 0.717) is 29.2 Å². The number of aliphatic hydroxyl groups excluding tert-OH is 2. The van der Waals surface area contributed by atoms with Gasteiger partial charge in [0, 0.05) is 18.6 Å². The number of hydrogen-bond acceptors (Lipinski definition) is 5. The Kier molecular flexibility index (Phi) is 2.93. The first-order valence-electron chi connectivity index (χ1n) is 5.82. The minimum absolute atomic E-state index is 0.0000364. The number of nitrogens with zero attached hydrogens (tertiary/aromatic N) is 4. The fraction of sp³-hybridized carbons (Fsp3) is 0.545.